The summed E-state index contributed by atoms with van der Waals surface area (Å²) >= 11 is 0. The van der Waals surface area contributed by atoms with Crippen LogP contribution in [0.2, 0.25) is 0 Å². The summed E-state index contributed by atoms with van der Waals surface area (Å²) < 4.78 is 0. The van der Waals surface area contributed by atoms with Gasteiger partial charge in [0.2, 0.25) is 0 Å². The van der Waals surface area contributed by atoms with E-state index in [0.29, 0.717) is 12.0 Å². The molecule has 0 aliphatic heterocycles. The fourth-order valence-electron chi connectivity index (χ4n) is 2.99. The lowest BCUT2D eigenvalue weighted by molar-refractivity contribution is 0.307. The molecule has 0 saturated carbocycles. The van der Waals surface area contributed by atoms with Gasteiger partial charge < -0.3 is 5.11 Å². The molecular weight excluding hydrogens is 294 g/mol. The Kier molecular flexibility index (Phi) is 8.70. The van der Waals surface area contributed by atoms with Crippen LogP contribution in [0.3, 0.4) is 0 Å². The molecule has 1 aliphatic rings. The second kappa shape index (κ2) is 10.2. The minimum atomic E-state index is 0.0974. The zero-order valence-electron chi connectivity index (χ0n) is 16.0. The number of hydrogen-bond donors (Lipinski definition) is 1. The summed E-state index contributed by atoms with van der Waals surface area (Å²) in [5.74, 6) is 0. The Bertz CT molecular complexity index is 583. The summed E-state index contributed by atoms with van der Waals surface area (Å²) in [5, 5.41) is 8.66. The van der Waals surface area contributed by atoms with Crippen LogP contribution < -0.4 is 0 Å². The Morgan fingerprint density at radius 1 is 1.17 bits per heavy atom. The molecule has 0 aromatic heterocycles. The Balaban J connectivity index is 2.68. The fourth-order valence-corrected chi connectivity index (χ4v) is 2.99. The van der Waals surface area contributed by atoms with Crippen LogP contribution >= 0.6 is 0 Å². The van der Waals surface area contributed by atoms with Gasteiger partial charge in [-0.2, -0.15) is 0 Å². The molecule has 0 radical (unpaired) electrons. The quantitative estimate of drug-likeness (QED) is 0.480. The molecule has 0 bridgehead atoms. The minimum Gasteiger partial charge on any atom is -0.394 e. The molecule has 1 rings (SSSR count). The van der Waals surface area contributed by atoms with Crippen molar-refractivity contribution in [3.63, 3.8) is 0 Å². The largest absolute Gasteiger partial charge is 0.394 e. The number of rotatable bonds is 7. The topological polar surface area (TPSA) is 32.6 Å². The smallest absolute Gasteiger partial charge is 0.0626 e. The number of aliphatic hydroxyl groups excluding tert-OH is 1. The molecule has 0 spiro atoms. The molecule has 132 valence electrons. The number of allylic oxidation sites excluding steroid dienone is 10. The molecule has 0 unspecified atom stereocenters. The summed E-state index contributed by atoms with van der Waals surface area (Å²) in [6.07, 6.45) is 18.3. The van der Waals surface area contributed by atoms with E-state index in [-0.39, 0.29) is 6.61 Å². The van der Waals surface area contributed by atoms with Crippen LogP contribution in [-0.2, 0) is 0 Å². The third-order valence-electron chi connectivity index (χ3n) is 4.45. The van der Waals surface area contributed by atoms with Crippen LogP contribution in [0, 0.1) is 5.41 Å². The van der Waals surface area contributed by atoms with Gasteiger partial charge in [0, 0.05) is 6.21 Å². The molecule has 1 aliphatic carbocycles. The van der Waals surface area contributed by atoms with Gasteiger partial charge in [0.1, 0.15) is 0 Å². The van der Waals surface area contributed by atoms with E-state index < -0.39 is 0 Å². The predicted molar refractivity (Wildman–Crippen MR) is 107 cm³/mol. The van der Waals surface area contributed by atoms with Crippen LogP contribution in [-0.4, -0.2) is 24.5 Å². The zero-order chi connectivity index (χ0) is 18.0. The molecule has 0 heterocycles. The lowest BCUT2D eigenvalue weighted by Crippen LogP contribution is -2.19. The van der Waals surface area contributed by atoms with Crippen molar-refractivity contribution in [2.75, 3.05) is 13.2 Å². The first-order chi connectivity index (χ1) is 11.4. The average Bonchev–Trinajstić information content (AvgIpc) is 2.50. The Hall–Kier alpha value is -1.67. The summed E-state index contributed by atoms with van der Waals surface area (Å²) in [6, 6.07) is 0. The molecular formula is C22H33NO. The molecule has 0 saturated heterocycles. The number of nitrogens with zero attached hydrogens (tertiary/aromatic N) is 1. The summed E-state index contributed by atoms with van der Waals surface area (Å²) in [7, 11) is 0. The fraction of sp³-hybridized carbons (Fsp3) is 0.500. The SMILES string of the molecule is CC(=CC=NCCO)/C=C/C=C(C)/C=C/C1=C(C)CCCC1(C)C. The van der Waals surface area contributed by atoms with Crippen molar-refractivity contribution in [2.24, 2.45) is 10.4 Å². The van der Waals surface area contributed by atoms with E-state index >= 15 is 0 Å². The van der Waals surface area contributed by atoms with Gasteiger partial charge in [-0.3, -0.25) is 4.99 Å². The second-order valence-corrected chi connectivity index (χ2v) is 7.22. The van der Waals surface area contributed by atoms with E-state index in [2.05, 4.69) is 63.1 Å². The van der Waals surface area contributed by atoms with E-state index in [1.807, 2.05) is 13.0 Å². The van der Waals surface area contributed by atoms with Gasteiger partial charge in [-0.25, -0.2) is 0 Å². The van der Waals surface area contributed by atoms with Crippen molar-refractivity contribution >= 4 is 6.21 Å². The lowest BCUT2D eigenvalue weighted by atomic mass is 9.72. The molecule has 0 aromatic carbocycles. The number of aliphatic hydroxyl groups is 1. The molecule has 0 aromatic rings. The maximum absolute atomic E-state index is 8.66. The van der Waals surface area contributed by atoms with E-state index in [0.717, 1.165) is 5.57 Å². The molecule has 2 nitrogen and oxygen atoms in total. The van der Waals surface area contributed by atoms with Crippen molar-refractivity contribution in [3.05, 3.63) is 58.7 Å². The molecule has 24 heavy (non-hydrogen) atoms. The van der Waals surface area contributed by atoms with Gasteiger partial charge in [-0.05, 0) is 62.7 Å². The number of hydrogen-bond acceptors (Lipinski definition) is 2. The maximum Gasteiger partial charge on any atom is 0.0626 e. The average molecular weight is 328 g/mol. The van der Waals surface area contributed by atoms with E-state index in [4.69, 9.17) is 5.11 Å². The first-order valence-corrected chi connectivity index (χ1v) is 8.87. The third-order valence-corrected chi connectivity index (χ3v) is 4.45. The van der Waals surface area contributed by atoms with Gasteiger partial charge in [-0.1, -0.05) is 55.4 Å². The van der Waals surface area contributed by atoms with Crippen LogP contribution in [0.4, 0.5) is 0 Å². The summed E-state index contributed by atoms with van der Waals surface area (Å²) in [6.45, 7) is 11.7. The molecule has 2 heteroatoms. The molecule has 1 N–H and O–H groups in total. The van der Waals surface area contributed by atoms with E-state index in [1.54, 1.807) is 6.21 Å². The second-order valence-electron chi connectivity index (χ2n) is 7.22. The van der Waals surface area contributed by atoms with Gasteiger partial charge in [-0.15, -0.1) is 0 Å². The van der Waals surface area contributed by atoms with Gasteiger partial charge in [0.05, 0.1) is 13.2 Å². The first kappa shape index (κ1) is 20.4. The highest BCUT2D eigenvalue weighted by molar-refractivity contribution is 5.72. The van der Waals surface area contributed by atoms with Crippen LogP contribution in [0.1, 0.15) is 53.9 Å². The standard InChI is InChI=1S/C22H33NO/c1-18(8-6-9-19(2)13-15-23-16-17-24)11-12-21-20(3)10-7-14-22(21,4)5/h6,8-9,11-13,15,24H,7,10,14,16-17H2,1-5H3/b9-6+,12-11+,18-8+,19-13?,23-15?. The van der Waals surface area contributed by atoms with Gasteiger partial charge >= 0.3 is 0 Å². The van der Waals surface area contributed by atoms with Crippen molar-refractivity contribution in [3.8, 4) is 0 Å². The summed E-state index contributed by atoms with van der Waals surface area (Å²) in [4.78, 5) is 4.06. The first-order valence-electron chi connectivity index (χ1n) is 8.87. The van der Waals surface area contributed by atoms with Crippen molar-refractivity contribution in [2.45, 2.75) is 53.9 Å². The van der Waals surface area contributed by atoms with Crippen molar-refractivity contribution < 1.29 is 5.11 Å². The van der Waals surface area contributed by atoms with Crippen LogP contribution in [0.5, 0.6) is 0 Å². The Labute approximate surface area is 148 Å². The predicted octanol–water partition coefficient (Wildman–Crippen LogP) is 5.58. The Morgan fingerprint density at radius 2 is 1.88 bits per heavy atom. The zero-order valence-corrected chi connectivity index (χ0v) is 16.0. The highest BCUT2D eigenvalue weighted by Gasteiger charge is 2.26. The van der Waals surface area contributed by atoms with Crippen LogP contribution in [0.15, 0.2) is 63.7 Å². The molecule has 0 fully saturated rings. The van der Waals surface area contributed by atoms with Crippen molar-refractivity contribution in [1.82, 2.24) is 0 Å². The minimum absolute atomic E-state index is 0.0974. The number of aliphatic imine (C=N–C) groups is 1. The van der Waals surface area contributed by atoms with E-state index in [9.17, 15) is 0 Å². The highest BCUT2D eigenvalue weighted by Crippen LogP contribution is 2.40. The Morgan fingerprint density at radius 3 is 2.54 bits per heavy atom. The molecule has 0 amide bonds. The van der Waals surface area contributed by atoms with Crippen LogP contribution in [0.25, 0.3) is 0 Å². The summed E-state index contributed by atoms with van der Waals surface area (Å²) in [5.41, 5.74) is 5.71. The van der Waals surface area contributed by atoms with Crippen molar-refractivity contribution in [1.29, 1.82) is 0 Å². The normalized spacial score (nSPS) is 20.1. The maximum atomic E-state index is 8.66. The third kappa shape index (κ3) is 7.27. The van der Waals surface area contributed by atoms with Gasteiger partial charge in [0.25, 0.3) is 0 Å². The molecule has 0 atom stereocenters. The van der Waals surface area contributed by atoms with E-state index in [1.165, 1.54) is 36.0 Å². The monoisotopic (exact) mass is 327 g/mol. The van der Waals surface area contributed by atoms with Gasteiger partial charge in [0.15, 0.2) is 0 Å². The highest BCUT2D eigenvalue weighted by atomic mass is 16.3. The lowest BCUT2D eigenvalue weighted by Gasteiger charge is -2.32.